The summed E-state index contributed by atoms with van der Waals surface area (Å²) in [5, 5.41) is 10.5. The van der Waals surface area contributed by atoms with Crippen molar-refractivity contribution in [3.8, 4) is 0 Å². The summed E-state index contributed by atoms with van der Waals surface area (Å²) >= 11 is 0. The van der Waals surface area contributed by atoms with Crippen molar-refractivity contribution in [2.75, 3.05) is 0 Å². The van der Waals surface area contributed by atoms with Gasteiger partial charge in [0.1, 0.15) is 0 Å². The number of allylic oxidation sites excluding steroid dienone is 2. The summed E-state index contributed by atoms with van der Waals surface area (Å²) in [5.41, 5.74) is 1.04. The maximum Gasteiger partial charge on any atom is 0.0568 e. The maximum atomic E-state index is 10.5. The SMILES string of the molecule is CC(C)[C@@H](C)/C=C/[C@@H](C)[C@H]1CC[C@H]2[C@@H]3CC[C@H]4[C@H](C)[C@@H](O)CC[C@]4(C)[C@H]3CC[C@]12C. The zero-order valence-electron chi connectivity index (χ0n) is 21.0. The van der Waals surface area contributed by atoms with E-state index in [9.17, 15) is 5.11 Å². The predicted octanol–water partition coefficient (Wildman–Crippen LogP) is 7.74. The van der Waals surface area contributed by atoms with Crippen molar-refractivity contribution in [1.82, 2.24) is 0 Å². The lowest BCUT2D eigenvalue weighted by Crippen LogP contribution is -2.56. The Morgan fingerprint density at radius 3 is 2.10 bits per heavy atom. The molecule has 30 heavy (non-hydrogen) atoms. The van der Waals surface area contributed by atoms with Crippen molar-refractivity contribution < 1.29 is 5.11 Å². The van der Waals surface area contributed by atoms with Gasteiger partial charge in [0, 0.05) is 0 Å². The topological polar surface area (TPSA) is 20.2 Å². The van der Waals surface area contributed by atoms with Gasteiger partial charge in [-0.15, -0.1) is 0 Å². The summed E-state index contributed by atoms with van der Waals surface area (Å²) in [6.07, 6.45) is 16.0. The van der Waals surface area contributed by atoms with Gasteiger partial charge < -0.3 is 5.11 Å². The molecule has 11 atom stereocenters. The van der Waals surface area contributed by atoms with Gasteiger partial charge in [0.05, 0.1) is 6.10 Å². The molecule has 4 aliphatic rings. The number of hydrogen-bond donors (Lipinski definition) is 1. The Hall–Kier alpha value is -0.300. The summed E-state index contributed by atoms with van der Waals surface area (Å²) in [7, 11) is 0. The van der Waals surface area contributed by atoms with Gasteiger partial charge in [-0.1, -0.05) is 60.6 Å². The van der Waals surface area contributed by atoms with E-state index in [0.717, 1.165) is 47.8 Å². The van der Waals surface area contributed by atoms with Crippen LogP contribution in [0.1, 0.15) is 99.8 Å². The van der Waals surface area contributed by atoms with Crippen LogP contribution in [-0.4, -0.2) is 11.2 Å². The van der Waals surface area contributed by atoms with Gasteiger partial charge in [-0.25, -0.2) is 0 Å². The molecule has 0 amide bonds. The molecule has 0 heterocycles. The van der Waals surface area contributed by atoms with Crippen molar-refractivity contribution in [1.29, 1.82) is 0 Å². The molecule has 1 nitrogen and oxygen atoms in total. The standard InChI is InChI=1S/C29H50O/c1-18(2)19(3)8-9-20(4)23-12-13-25-22-10-11-24-21(5)27(30)15-17-29(24,7)26(22)14-16-28(23,25)6/h8-9,18-27,30H,10-17H2,1-7H3/b9-8+/t19-,20+,21-,22-,23+,24-,25-,26-,27-,28+,29-/m0/s1. The van der Waals surface area contributed by atoms with Gasteiger partial charge in [-0.2, -0.15) is 0 Å². The second-order valence-electron chi connectivity index (χ2n) is 13.1. The van der Waals surface area contributed by atoms with E-state index in [1.807, 2.05) is 0 Å². The molecule has 172 valence electrons. The molecule has 0 spiro atoms. The minimum absolute atomic E-state index is 0.0507. The van der Waals surface area contributed by atoms with Crippen LogP contribution in [0.5, 0.6) is 0 Å². The lowest BCUT2D eigenvalue weighted by molar-refractivity contribution is -0.148. The van der Waals surface area contributed by atoms with Gasteiger partial charge in [0.15, 0.2) is 0 Å². The first kappa shape index (κ1) is 22.9. The third-order valence-electron chi connectivity index (χ3n) is 11.6. The fourth-order valence-electron chi connectivity index (χ4n) is 9.32. The fraction of sp³-hybridized carbons (Fsp3) is 0.931. The second-order valence-corrected chi connectivity index (χ2v) is 13.1. The van der Waals surface area contributed by atoms with E-state index in [2.05, 4.69) is 60.6 Å². The number of fused-ring (bicyclic) bond motifs is 5. The minimum atomic E-state index is -0.0507. The van der Waals surface area contributed by atoms with Gasteiger partial charge >= 0.3 is 0 Å². The highest BCUT2D eigenvalue weighted by Crippen LogP contribution is 2.68. The van der Waals surface area contributed by atoms with Gasteiger partial charge in [0.2, 0.25) is 0 Å². The van der Waals surface area contributed by atoms with Crippen LogP contribution in [0, 0.1) is 64.1 Å². The van der Waals surface area contributed by atoms with Crippen molar-refractivity contribution in [3.63, 3.8) is 0 Å². The Morgan fingerprint density at radius 2 is 1.40 bits per heavy atom. The first-order valence-electron chi connectivity index (χ1n) is 13.5. The summed E-state index contributed by atoms with van der Waals surface area (Å²) in [6, 6.07) is 0. The van der Waals surface area contributed by atoms with Crippen LogP contribution in [0.2, 0.25) is 0 Å². The molecule has 1 heteroatoms. The van der Waals surface area contributed by atoms with Crippen molar-refractivity contribution in [2.24, 2.45) is 64.1 Å². The molecule has 0 unspecified atom stereocenters. The van der Waals surface area contributed by atoms with Crippen LogP contribution in [0.15, 0.2) is 12.2 Å². The van der Waals surface area contributed by atoms with Crippen molar-refractivity contribution >= 4 is 0 Å². The van der Waals surface area contributed by atoms with E-state index in [4.69, 9.17) is 0 Å². The van der Waals surface area contributed by atoms with Crippen molar-refractivity contribution in [2.45, 2.75) is 106 Å². The Balaban J connectivity index is 1.51. The largest absolute Gasteiger partial charge is 0.393 e. The van der Waals surface area contributed by atoms with Gasteiger partial charge in [-0.05, 0) is 115 Å². The predicted molar refractivity (Wildman–Crippen MR) is 128 cm³/mol. The van der Waals surface area contributed by atoms with E-state index < -0.39 is 0 Å². The molecule has 0 aromatic rings. The van der Waals surface area contributed by atoms with E-state index in [0.29, 0.717) is 22.7 Å². The third-order valence-corrected chi connectivity index (χ3v) is 11.6. The molecule has 0 bridgehead atoms. The average Bonchev–Trinajstić information content (AvgIpc) is 3.06. The van der Waals surface area contributed by atoms with E-state index in [-0.39, 0.29) is 6.10 Å². The summed E-state index contributed by atoms with van der Waals surface area (Å²) < 4.78 is 0. The van der Waals surface area contributed by atoms with Crippen LogP contribution >= 0.6 is 0 Å². The van der Waals surface area contributed by atoms with E-state index in [1.165, 1.54) is 44.9 Å². The monoisotopic (exact) mass is 414 g/mol. The van der Waals surface area contributed by atoms with Crippen LogP contribution in [0.25, 0.3) is 0 Å². The third kappa shape index (κ3) is 3.54. The lowest BCUT2D eigenvalue weighted by atomic mass is 9.43. The van der Waals surface area contributed by atoms with Crippen LogP contribution in [0.3, 0.4) is 0 Å². The van der Waals surface area contributed by atoms with Crippen LogP contribution < -0.4 is 0 Å². The molecule has 0 aromatic carbocycles. The number of rotatable bonds is 4. The maximum absolute atomic E-state index is 10.5. The Labute approximate surface area is 187 Å². The molecular formula is C29H50O. The quantitative estimate of drug-likeness (QED) is 0.466. The number of aliphatic hydroxyl groups excluding tert-OH is 1. The first-order chi connectivity index (χ1) is 14.1. The normalized spacial score (nSPS) is 50.8. The molecular weight excluding hydrogens is 364 g/mol. The van der Waals surface area contributed by atoms with Crippen molar-refractivity contribution in [3.05, 3.63) is 12.2 Å². The number of hydrogen-bond acceptors (Lipinski definition) is 1. The van der Waals surface area contributed by atoms with Crippen LogP contribution in [0.4, 0.5) is 0 Å². The lowest BCUT2D eigenvalue weighted by Gasteiger charge is -2.62. The smallest absolute Gasteiger partial charge is 0.0568 e. The first-order valence-corrected chi connectivity index (χ1v) is 13.5. The molecule has 4 saturated carbocycles. The molecule has 0 aliphatic heterocycles. The minimum Gasteiger partial charge on any atom is -0.393 e. The molecule has 4 aliphatic carbocycles. The number of aliphatic hydroxyl groups is 1. The fourth-order valence-corrected chi connectivity index (χ4v) is 9.32. The highest BCUT2D eigenvalue weighted by atomic mass is 16.3. The molecule has 1 N–H and O–H groups in total. The summed E-state index contributed by atoms with van der Waals surface area (Å²) in [6.45, 7) is 17.2. The Kier molecular flexibility index (Phi) is 6.28. The highest BCUT2D eigenvalue weighted by molar-refractivity contribution is 5.12. The molecule has 4 fully saturated rings. The van der Waals surface area contributed by atoms with Gasteiger partial charge in [-0.3, -0.25) is 0 Å². The molecule has 4 rings (SSSR count). The average molecular weight is 415 g/mol. The van der Waals surface area contributed by atoms with Crippen LogP contribution in [-0.2, 0) is 0 Å². The molecule has 0 radical (unpaired) electrons. The van der Waals surface area contributed by atoms with E-state index in [1.54, 1.807) is 0 Å². The molecule has 0 aromatic heterocycles. The molecule has 0 saturated heterocycles. The Bertz CT molecular complexity index is 636. The highest BCUT2D eigenvalue weighted by Gasteiger charge is 2.61. The summed E-state index contributed by atoms with van der Waals surface area (Å²) in [4.78, 5) is 0. The zero-order valence-corrected chi connectivity index (χ0v) is 21.0. The van der Waals surface area contributed by atoms with Gasteiger partial charge in [0.25, 0.3) is 0 Å². The summed E-state index contributed by atoms with van der Waals surface area (Å²) in [5.74, 6) is 7.07. The second kappa shape index (κ2) is 8.24. The Morgan fingerprint density at radius 1 is 0.767 bits per heavy atom. The zero-order chi connectivity index (χ0) is 21.8. The van der Waals surface area contributed by atoms with E-state index >= 15 is 0 Å².